The van der Waals surface area contributed by atoms with Gasteiger partial charge in [0.25, 0.3) is 23.3 Å². The van der Waals surface area contributed by atoms with Crippen LogP contribution in [0, 0.1) is 5.41 Å². The van der Waals surface area contributed by atoms with Gasteiger partial charge in [0.05, 0.1) is 29.6 Å². The summed E-state index contributed by atoms with van der Waals surface area (Å²) in [5, 5.41) is 16.2. The van der Waals surface area contributed by atoms with Gasteiger partial charge in [-0.3, -0.25) is 48.8 Å². The number of carbonyl (C=O) groups is 5. The standard InChI is InChI=1S/C53H59N11O7/c1-30-20-34(13-15-60(30)35-6-8-38-39(23-35)50(69)64(49(38)68)42-9-11-46(66)57-48(42)67)59-16-17-61(31(2)27-59)36-7-10-45(55-26-36)56-41-21-33(28-58(5)51(41)70)37-12-14-54-47(40(37)29-65)63-19-18-62-43(52(63)71)22-32-24-53(3,4)25-44(32)62/h6-8,10,12,14,21-23,26,28,30-31,34,42,65H,9,11,13,15-20,24-25,27,29H2,1-5H3,(H,55,56)(H,57,66,67)/t30-,31-,34+,42-/m0/s1/i5D3. The number of piperidine rings is 2. The number of amides is 5. The zero-order valence-corrected chi connectivity index (χ0v) is 40.3. The first-order chi connectivity index (χ1) is 35.3. The van der Waals surface area contributed by atoms with Crippen LogP contribution in [0.2, 0.25) is 0 Å². The van der Waals surface area contributed by atoms with Gasteiger partial charge in [-0.1, -0.05) is 13.8 Å². The highest BCUT2D eigenvalue weighted by atomic mass is 16.3. The lowest BCUT2D eigenvalue weighted by Gasteiger charge is -2.48. The highest BCUT2D eigenvalue weighted by molar-refractivity contribution is 6.23. The zero-order chi connectivity index (χ0) is 52.1. The number of nitrogens with zero attached hydrogens (tertiary/aromatic N) is 9. The summed E-state index contributed by atoms with van der Waals surface area (Å²) in [5.74, 6) is -1.72. The van der Waals surface area contributed by atoms with E-state index in [2.05, 4.69) is 67.6 Å². The summed E-state index contributed by atoms with van der Waals surface area (Å²) in [6, 6.07) is 13.7. The van der Waals surface area contributed by atoms with Gasteiger partial charge in [0.2, 0.25) is 11.8 Å². The van der Waals surface area contributed by atoms with Crippen LogP contribution in [0.15, 0.2) is 71.9 Å². The van der Waals surface area contributed by atoms with Crippen LogP contribution in [0.25, 0.3) is 11.1 Å². The SMILES string of the molecule is [2H]C([2H])([2H])n1cc(-c2ccnc(N3CCn4c(cc5c4CC(C)(C)C5)C3=O)c2CO)cc(Nc2ccc(N3CCN([C@@H]4CCN(c5ccc6c(c5)C(=O)N([C@H]5CCC(=O)NC5=O)C6=O)[C@@H](C)C4)C[C@@H]3C)cn2)c1=O. The molecule has 5 aliphatic heterocycles. The van der Waals surface area contributed by atoms with Gasteiger partial charge in [-0.15, -0.1) is 0 Å². The Hall–Kier alpha value is -7.18. The Balaban J connectivity index is 0.751. The number of piperazine rings is 1. The van der Waals surface area contributed by atoms with Gasteiger partial charge in [-0.05, 0) is 111 Å². The van der Waals surface area contributed by atoms with Crippen LogP contribution < -0.4 is 30.9 Å². The molecule has 11 rings (SSSR count). The molecule has 3 saturated heterocycles. The maximum Gasteiger partial charge on any atom is 0.276 e. The van der Waals surface area contributed by atoms with Crippen LogP contribution in [-0.2, 0) is 42.6 Å². The zero-order valence-electron chi connectivity index (χ0n) is 43.3. The normalized spacial score (nSPS) is 24.1. The van der Waals surface area contributed by atoms with E-state index in [0.29, 0.717) is 51.9 Å². The summed E-state index contributed by atoms with van der Waals surface area (Å²) < 4.78 is 27.6. The van der Waals surface area contributed by atoms with Gasteiger partial charge in [0.15, 0.2) is 0 Å². The van der Waals surface area contributed by atoms with E-state index in [4.69, 9.17) is 4.11 Å². The lowest BCUT2D eigenvalue weighted by molar-refractivity contribution is -0.136. The van der Waals surface area contributed by atoms with E-state index in [1.165, 1.54) is 29.7 Å². The number of carbonyl (C=O) groups excluding carboxylic acids is 5. The minimum atomic E-state index is -2.84. The Labute approximate surface area is 415 Å². The van der Waals surface area contributed by atoms with Crippen molar-refractivity contribution in [2.24, 2.45) is 12.4 Å². The highest BCUT2D eigenvalue weighted by Crippen LogP contribution is 2.41. The summed E-state index contributed by atoms with van der Waals surface area (Å²) >= 11 is 0. The van der Waals surface area contributed by atoms with Gasteiger partial charge in [0, 0.05) is 110 Å². The van der Waals surface area contributed by atoms with Gasteiger partial charge in [-0.25, -0.2) is 9.97 Å². The molecule has 6 aliphatic rings. The number of nitrogens with one attached hydrogen (secondary N) is 2. The predicted molar refractivity (Wildman–Crippen MR) is 267 cm³/mol. The monoisotopic (exact) mass is 964 g/mol. The molecule has 0 unspecified atom stereocenters. The lowest BCUT2D eigenvalue weighted by Crippen LogP contribution is -2.58. The number of aryl methyl sites for hydroxylation is 1. The highest BCUT2D eigenvalue weighted by Gasteiger charge is 2.45. The Kier molecular flexibility index (Phi) is 10.6. The molecule has 3 fully saturated rings. The van der Waals surface area contributed by atoms with Crippen molar-refractivity contribution in [2.75, 3.05) is 52.7 Å². The van der Waals surface area contributed by atoms with E-state index in [1.54, 1.807) is 35.4 Å². The molecule has 368 valence electrons. The molecule has 3 N–H and O–H groups in total. The number of rotatable bonds is 9. The maximum absolute atomic E-state index is 14.1. The summed E-state index contributed by atoms with van der Waals surface area (Å²) in [6.45, 7) is 9.49. The number of imide groups is 2. The largest absolute Gasteiger partial charge is 0.392 e. The van der Waals surface area contributed by atoms with Crippen LogP contribution in [0.1, 0.15) is 106 Å². The van der Waals surface area contributed by atoms with Crippen LogP contribution in [0.5, 0.6) is 0 Å². The second kappa shape index (κ2) is 17.6. The molecule has 5 amide bonds. The molecule has 1 aromatic carbocycles. The molecule has 0 radical (unpaired) electrons. The molecule has 5 aromatic rings. The molecule has 18 nitrogen and oxygen atoms in total. The number of aliphatic hydroxyl groups is 1. The molecule has 9 heterocycles. The molecule has 1 aliphatic carbocycles. The van der Waals surface area contributed by atoms with Crippen molar-refractivity contribution < 1.29 is 33.2 Å². The van der Waals surface area contributed by atoms with Gasteiger partial charge in [0.1, 0.15) is 29.1 Å². The van der Waals surface area contributed by atoms with E-state index in [9.17, 15) is 33.9 Å². The summed E-state index contributed by atoms with van der Waals surface area (Å²) in [5.41, 5.74) is 5.58. The minimum Gasteiger partial charge on any atom is -0.392 e. The number of fused-ring (bicyclic) bond motifs is 4. The van der Waals surface area contributed by atoms with E-state index in [0.717, 1.165) is 68.1 Å². The number of anilines is 5. The number of pyridine rings is 3. The number of hydrogen-bond acceptors (Lipinski definition) is 13. The Morgan fingerprint density at radius 2 is 1.63 bits per heavy atom. The predicted octanol–water partition coefficient (Wildman–Crippen LogP) is 4.63. The topological polar surface area (TPSA) is 199 Å². The first-order valence-electron chi connectivity index (χ1n) is 26.0. The van der Waals surface area contributed by atoms with E-state index < -0.39 is 48.8 Å². The molecular weight excluding hydrogens is 903 g/mol. The van der Waals surface area contributed by atoms with Crippen molar-refractivity contribution in [3.63, 3.8) is 0 Å². The lowest BCUT2D eigenvalue weighted by atomic mass is 9.90. The van der Waals surface area contributed by atoms with E-state index in [1.807, 2.05) is 18.2 Å². The number of benzene rings is 1. The van der Waals surface area contributed by atoms with Crippen molar-refractivity contribution in [3.8, 4) is 11.1 Å². The van der Waals surface area contributed by atoms with Crippen LogP contribution in [0.4, 0.5) is 28.7 Å². The molecule has 71 heavy (non-hydrogen) atoms. The van der Waals surface area contributed by atoms with Crippen LogP contribution >= 0.6 is 0 Å². The summed E-state index contributed by atoms with van der Waals surface area (Å²) in [6.07, 6.45) is 8.23. The number of hydrogen-bond donors (Lipinski definition) is 3. The average molecular weight is 965 g/mol. The van der Waals surface area contributed by atoms with Crippen molar-refractivity contribution in [1.29, 1.82) is 0 Å². The van der Waals surface area contributed by atoms with Crippen molar-refractivity contribution >= 4 is 58.2 Å². The number of aromatic nitrogens is 4. The Morgan fingerprint density at radius 3 is 2.38 bits per heavy atom. The Bertz CT molecular complexity index is 3220. The quantitative estimate of drug-likeness (QED) is 0.173. The van der Waals surface area contributed by atoms with Crippen molar-refractivity contribution in [1.82, 2.24) is 34.2 Å². The minimum absolute atomic E-state index is 0.0381. The fourth-order valence-corrected chi connectivity index (χ4v) is 12.0. The fraction of sp³-hybridized carbons (Fsp3) is 0.434. The third kappa shape index (κ3) is 8.06. The maximum atomic E-state index is 14.1. The fourth-order valence-electron chi connectivity index (χ4n) is 12.0. The molecule has 0 bridgehead atoms. The first kappa shape index (κ1) is 42.7. The van der Waals surface area contributed by atoms with Gasteiger partial charge in [-0.2, -0.15) is 0 Å². The molecule has 0 saturated carbocycles. The smallest absolute Gasteiger partial charge is 0.276 e. The molecular formula is C53H59N11O7. The first-order valence-corrected chi connectivity index (χ1v) is 24.5. The second-order valence-electron chi connectivity index (χ2n) is 20.7. The molecule has 4 atom stereocenters. The molecule has 0 spiro atoms. The second-order valence-corrected chi connectivity index (χ2v) is 20.7. The summed E-state index contributed by atoms with van der Waals surface area (Å²) in [7, 11) is 0. The molecule has 18 heteroatoms. The van der Waals surface area contributed by atoms with E-state index in [-0.39, 0.29) is 58.9 Å². The van der Waals surface area contributed by atoms with Crippen molar-refractivity contribution in [3.05, 3.63) is 111 Å². The molecule has 4 aromatic heterocycles. The van der Waals surface area contributed by atoms with E-state index >= 15 is 0 Å². The Morgan fingerprint density at radius 1 is 0.831 bits per heavy atom. The van der Waals surface area contributed by atoms with Crippen LogP contribution in [-0.4, -0.2) is 120 Å². The number of aliphatic hydroxyl groups excluding tert-OH is 1. The van der Waals surface area contributed by atoms with Gasteiger partial charge >= 0.3 is 0 Å². The van der Waals surface area contributed by atoms with Gasteiger partial charge < -0.3 is 29.4 Å². The average Bonchev–Trinajstić information content (AvgIpc) is 3.95. The van der Waals surface area contributed by atoms with Crippen molar-refractivity contribution in [2.45, 2.75) is 104 Å². The third-order valence-electron chi connectivity index (χ3n) is 15.5. The third-order valence-corrected chi connectivity index (χ3v) is 15.5. The summed E-state index contributed by atoms with van der Waals surface area (Å²) in [4.78, 5) is 98.0. The van der Waals surface area contributed by atoms with Crippen LogP contribution in [0.3, 0.4) is 0 Å².